The van der Waals surface area contributed by atoms with E-state index in [0.717, 1.165) is 53.2 Å². The highest BCUT2D eigenvalue weighted by Crippen LogP contribution is 2.28. The number of nitrogens with one attached hydrogen (secondary N) is 1. The van der Waals surface area contributed by atoms with E-state index < -0.39 is 24.1 Å². The zero-order valence-electron chi connectivity index (χ0n) is 24.7. The molecule has 0 saturated heterocycles. The summed E-state index contributed by atoms with van der Waals surface area (Å²) in [6, 6.07) is 25.4. The molecule has 1 aliphatic carbocycles. The predicted molar refractivity (Wildman–Crippen MR) is 162 cm³/mol. The number of likely N-dealkylation sites (N-methyl/N-ethyl adjacent to an activating group) is 1. The zero-order valence-corrected chi connectivity index (χ0v) is 24.7. The van der Waals surface area contributed by atoms with Crippen LogP contribution in [-0.4, -0.2) is 54.4 Å². The molecule has 0 aliphatic heterocycles. The highest BCUT2D eigenvalue weighted by molar-refractivity contribution is 5.81. The molecule has 4 rings (SSSR count). The number of alkyl carbamates (subject to hydrolysis) is 1. The summed E-state index contributed by atoms with van der Waals surface area (Å²) in [7, 11) is 2.98. The number of carboxylic acids is 1. The summed E-state index contributed by atoms with van der Waals surface area (Å²) in [4.78, 5) is 39.6. The number of aliphatic carboxylic acids is 1. The van der Waals surface area contributed by atoms with Crippen LogP contribution >= 0.6 is 0 Å². The maximum atomic E-state index is 11.9. The average molecular weight is 592 g/mol. The molecule has 2 atom stereocenters. The number of benzene rings is 3. The first-order chi connectivity index (χ1) is 20.8. The van der Waals surface area contributed by atoms with Crippen molar-refractivity contribution in [2.45, 2.75) is 57.4 Å². The Bertz CT molecular complexity index is 1270. The van der Waals surface area contributed by atoms with E-state index in [2.05, 4.69) is 5.32 Å². The fourth-order valence-corrected chi connectivity index (χ4v) is 4.69. The molecule has 0 radical (unpaired) electrons. The van der Waals surface area contributed by atoms with Crippen molar-refractivity contribution >= 4 is 18.0 Å². The molecule has 43 heavy (non-hydrogen) atoms. The minimum Gasteiger partial charge on any atom is -0.489 e. The molecular formula is C33H41N3O7. The number of rotatable bonds is 12. The van der Waals surface area contributed by atoms with Crippen molar-refractivity contribution < 1.29 is 33.8 Å². The molecule has 3 aromatic rings. The van der Waals surface area contributed by atoms with Crippen LogP contribution in [0.4, 0.5) is 4.79 Å². The molecule has 0 spiro atoms. The van der Waals surface area contributed by atoms with Gasteiger partial charge in [-0.15, -0.1) is 0 Å². The van der Waals surface area contributed by atoms with Gasteiger partial charge in [0, 0.05) is 7.05 Å². The largest absolute Gasteiger partial charge is 0.489 e. The van der Waals surface area contributed by atoms with E-state index in [1.807, 2.05) is 84.9 Å². The van der Waals surface area contributed by atoms with Gasteiger partial charge in [0.25, 0.3) is 5.91 Å². The predicted octanol–water partition coefficient (Wildman–Crippen LogP) is 4.71. The van der Waals surface area contributed by atoms with Gasteiger partial charge >= 0.3 is 12.1 Å². The molecule has 1 aliphatic rings. The molecule has 3 aromatic carbocycles. The molecule has 0 heterocycles. The molecule has 0 aromatic heterocycles. The highest BCUT2D eigenvalue weighted by atomic mass is 16.7. The fraction of sp³-hybridized carbons (Fsp3) is 0.364. The number of amides is 2. The minimum absolute atomic E-state index is 0.0109. The Morgan fingerprint density at radius 2 is 1.44 bits per heavy atom. The number of hydroxylamine groups is 2. The van der Waals surface area contributed by atoms with E-state index >= 15 is 0 Å². The maximum Gasteiger partial charge on any atom is 0.408 e. The van der Waals surface area contributed by atoms with Gasteiger partial charge in [-0.2, -0.15) is 0 Å². The summed E-state index contributed by atoms with van der Waals surface area (Å²) in [5.74, 6) is -0.450. The topological polar surface area (TPSA) is 140 Å². The lowest BCUT2D eigenvalue weighted by Gasteiger charge is -2.20. The average Bonchev–Trinajstić information content (AvgIpc) is 3.57. The molecule has 0 bridgehead atoms. The summed E-state index contributed by atoms with van der Waals surface area (Å²) in [6.07, 6.45) is 3.51. The van der Waals surface area contributed by atoms with Gasteiger partial charge in [0.15, 0.2) is 0 Å². The minimum atomic E-state index is -0.992. The van der Waals surface area contributed by atoms with Crippen LogP contribution in [0.2, 0.25) is 0 Å². The van der Waals surface area contributed by atoms with Crippen LogP contribution in [0, 0.1) is 5.92 Å². The van der Waals surface area contributed by atoms with Crippen molar-refractivity contribution in [3.63, 3.8) is 0 Å². The summed E-state index contributed by atoms with van der Waals surface area (Å²) in [6.45, 7) is 0.667. The second-order valence-electron chi connectivity index (χ2n) is 10.3. The van der Waals surface area contributed by atoms with Gasteiger partial charge in [0.1, 0.15) is 25.0 Å². The van der Waals surface area contributed by atoms with E-state index in [-0.39, 0.29) is 18.4 Å². The molecule has 2 amide bonds. The van der Waals surface area contributed by atoms with Gasteiger partial charge < -0.3 is 25.6 Å². The number of carbonyl (C=O) groups excluding carboxylic acids is 2. The SMILES string of the molecule is CON(C)C(=O)[C@@H](N)Cc1ccc(OCc2ccccc2)cc1.O=C(N[C@H](C(=O)O)C1CCCC1)OCc1ccccc1. The molecule has 10 nitrogen and oxygen atoms in total. The van der Waals surface area contributed by atoms with Crippen LogP contribution in [0.1, 0.15) is 42.4 Å². The molecule has 1 saturated carbocycles. The lowest BCUT2D eigenvalue weighted by atomic mass is 9.98. The Morgan fingerprint density at radius 1 is 0.884 bits per heavy atom. The maximum absolute atomic E-state index is 11.9. The Hall–Kier alpha value is -4.41. The van der Waals surface area contributed by atoms with Gasteiger partial charge in [-0.1, -0.05) is 85.6 Å². The van der Waals surface area contributed by atoms with Gasteiger partial charge in [-0.25, -0.2) is 14.7 Å². The zero-order chi connectivity index (χ0) is 31.0. The van der Waals surface area contributed by atoms with E-state index in [9.17, 15) is 19.5 Å². The van der Waals surface area contributed by atoms with Gasteiger partial charge in [-0.3, -0.25) is 9.63 Å². The van der Waals surface area contributed by atoms with Crippen LogP contribution in [0.25, 0.3) is 0 Å². The third-order valence-corrected chi connectivity index (χ3v) is 7.15. The van der Waals surface area contributed by atoms with E-state index in [4.69, 9.17) is 20.0 Å². The first-order valence-electron chi connectivity index (χ1n) is 14.3. The quantitative estimate of drug-likeness (QED) is 0.257. The van der Waals surface area contributed by atoms with Crippen molar-refractivity contribution in [3.8, 4) is 5.75 Å². The number of nitrogens with zero attached hydrogens (tertiary/aromatic N) is 1. The Kier molecular flexibility index (Phi) is 13.5. The standard InChI is InChI=1S/C18H22N2O3.C15H19NO4/c1-20(22-2)18(21)17(19)12-14-8-10-16(11-9-14)23-13-15-6-4-3-5-7-15;17-14(18)13(12-8-4-5-9-12)16-15(19)20-10-11-6-2-1-3-7-11/h3-11,17H,12-13,19H2,1-2H3;1-3,6-7,12-13H,4-5,8-10H2,(H,16,19)(H,17,18)/t17-;13-/m00/s1. The second-order valence-corrected chi connectivity index (χ2v) is 10.3. The lowest BCUT2D eigenvalue weighted by Crippen LogP contribution is -2.45. The number of ether oxygens (including phenoxy) is 2. The Labute approximate surface area is 252 Å². The van der Waals surface area contributed by atoms with Crippen molar-refractivity contribution in [3.05, 3.63) is 102 Å². The summed E-state index contributed by atoms with van der Waals surface area (Å²) >= 11 is 0. The highest BCUT2D eigenvalue weighted by Gasteiger charge is 2.32. The van der Waals surface area contributed by atoms with Crippen LogP contribution in [0.15, 0.2) is 84.9 Å². The first-order valence-corrected chi connectivity index (χ1v) is 14.3. The summed E-state index contributed by atoms with van der Waals surface area (Å²) in [5.41, 5.74) is 8.86. The normalized spacial score (nSPS) is 14.0. The van der Waals surface area contributed by atoms with Gasteiger partial charge in [0.05, 0.1) is 13.2 Å². The molecule has 0 unspecified atom stereocenters. The number of hydrogen-bond donors (Lipinski definition) is 3. The van der Waals surface area contributed by atoms with Gasteiger partial charge in [0.2, 0.25) is 0 Å². The van der Waals surface area contributed by atoms with Crippen molar-refractivity contribution in [2.24, 2.45) is 11.7 Å². The second kappa shape index (κ2) is 17.5. The van der Waals surface area contributed by atoms with Crippen LogP contribution in [0.3, 0.4) is 0 Å². The third-order valence-electron chi connectivity index (χ3n) is 7.15. The van der Waals surface area contributed by atoms with Crippen LogP contribution < -0.4 is 15.8 Å². The van der Waals surface area contributed by atoms with E-state index in [1.165, 1.54) is 7.11 Å². The first kappa shape index (κ1) is 33.1. The molecule has 230 valence electrons. The number of hydrogen-bond acceptors (Lipinski definition) is 7. The monoisotopic (exact) mass is 591 g/mol. The Morgan fingerprint density at radius 3 is 1.98 bits per heavy atom. The lowest BCUT2D eigenvalue weighted by molar-refractivity contribution is -0.170. The molecular weight excluding hydrogens is 550 g/mol. The molecule has 1 fully saturated rings. The van der Waals surface area contributed by atoms with Crippen LogP contribution in [-0.2, 0) is 38.8 Å². The third kappa shape index (κ3) is 11.4. The van der Waals surface area contributed by atoms with E-state index in [0.29, 0.717) is 13.0 Å². The molecule has 4 N–H and O–H groups in total. The number of carbonyl (C=O) groups is 3. The molecule has 10 heteroatoms. The number of nitrogens with two attached hydrogens (primary N) is 1. The smallest absolute Gasteiger partial charge is 0.408 e. The van der Waals surface area contributed by atoms with Gasteiger partial charge in [-0.05, 0) is 54.0 Å². The van der Waals surface area contributed by atoms with Crippen molar-refractivity contribution in [1.82, 2.24) is 10.4 Å². The van der Waals surface area contributed by atoms with Crippen LogP contribution in [0.5, 0.6) is 5.75 Å². The Balaban J connectivity index is 0.000000238. The summed E-state index contributed by atoms with van der Waals surface area (Å²) < 4.78 is 10.8. The summed E-state index contributed by atoms with van der Waals surface area (Å²) in [5, 5.41) is 12.8. The van der Waals surface area contributed by atoms with E-state index in [1.54, 1.807) is 7.05 Å². The van der Waals surface area contributed by atoms with Crippen molar-refractivity contribution in [1.29, 1.82) is 0 Å². The van der Waals surface area contributed by atoms with Crippen molar-refractivity contribution in [2.75, 3.05) is 14.2 Å². The fourth-order valence-electron chi connectivity index (χ4n) is 4.69. The number of carboxylic acid groups (broad SMARTS) is 1.